The number of carboxylic acid groups (broad SMARTS) is 1. The van der Waals surface area contributed by atoms with Crippen LogP contribution < -0.4 is 5.11 Å². The van der Waals surface area contributed by atoms with Crippen molar-refractivity contribution >= 4 is 11.8 Å². The maximum atomic E-state index is 10.2. The normalized spacial score (nSPS) is 8.12. The van der Waals surface area contributed by atoms with Crippen LogP contribution in [0.5, 0.6) is 0 Å². The topological polar surface area (TPSA) is 118 Å². The summed E-state index contributed by atoms with van der Waals surface area (Å²) in [6.45, 7) is 8.80. The fraction of sp³-hybridized carbons (Fsp3) is 0.882. The second kappa shape index (κ2) is 38.5. The largest absolute Gasteiger partial charge is 0.550 e. The van der Waals surface area contributed by atoms with Crippen molar-refractivity contribution in [3.05, 3.63) is 0 Å². The number of unbranched alkanes of at least 4 members (excludes halogenated alkanes) is 3. The molecule has 0 aromatic heterocycles. The molecule has 0 aliphatic carbocycles. The third kappa shape index (κ3) is 67.5. The molecule has 0 atom stereocenters. The molecule has 0 spiro atoms. The van der Waals surface area contributed by atoms with Gasteiger partial charge in [0.15, 0.2) is 0 Å². The SMILES string of the molecule is CCC(=O)CC(=O)[O-].CCCCO.CCCCO.CCCCO.[Zr]. The molecule has 3 N–H and O–H groups in total. The molecule has 6 nitrogen and oxygen atoms in total. The summed E-state index contributed by atoms with van der Waals surface area (Å²) in [5, 5.41) is 33.8. The molecule has 0 saturated carbocycles. The second-order valence-corrected chi connectivity index (χ2v) is 4.67. The van der Waals surface area contributed by atoms with Gasteiger partial charge in [-0.15, -0.1) is 0 Å². The van der Waals surface area contributed by atoms with Crippen molar-refractivity contribution in [2.45, 2.75) is 79.1 Å². The van der Waals surface area contributed by atoms with Crippen molar-refractivity contribution in [1.29, 1.82) is 0 Å². The number of aliphatic hydroxyl groups is 3. The standard InChI is InChI=1S/C5H8O3.3C4H10O.Zr/c1-2-4(6)3-5(7)8;3*1-2-3-4-5;/h2-3H2,1H3,(H,7,8);3*5H,2-4H2,1H3;/p-1. The van der Waals surface area contributed by atoms with Crippen molar-refractivity contribution in [3.63, 3.8) is 0 Å². The minimum absolute atomic E-state index is 0. The van der Waals surface area contributed by atoms with Gasteiger partial charge in [-0.3, -0.25) is 4.79 Å². The van der Waals surface area contributed by atoms with E-state index >= 15 is 0 Å². The Bertz CT molecular complexity index is 205. The molecule has 0 unspecified atom stereocenters. The number of carbonyl (C=O) groups excluding carboxylic acids is 2. The Morgan fingerprint density at radius 2 is 1.04 bits per heavy atom. The van der Waals surface area contributed by atoms with Gasteiger partial charge in [0.05, 0.1) is 0 Å². The minimum atomic E-state index is -1.29. The summed E-state index contributed by atoms with van der Waals surface area (Å²) >= 11 is 0. The van der Waals surface area contributed by atoms with Gasteiger partial charge in [0.25, 0.3) is 0 Å². The molecule has 24 heavy (non-hydrogen) atoms. The molecule has 0 bridgehead atoms. The van der Waals surface area contributed by atoms with Gasteiger partial charge in [-0.2, -0.15) is 0 Å². The van der Waals surface area contributed by atoms with Crippen LogP contribution >= 0.6 is 0 Å². The van der Waals surface area contributed by atoms with Crippen molar-refractivity contribution in [1.82, 2.24) is 0 Å². The minimum Gasteiger partial charge on any atom is -0.550 e. The molecular weight excluding hydrogens is 391 g/mol. The van der Waals surface area contributed by atoms with Crippen molar-refractivity contribution in [2.24, 2.45) is 0 Å². The van der Waals surface area contributed by atoms with Crippen molar-refractivity contribution in [3.8, 4) is 0 Å². The maximum Gasteiger partial charge on any atom is 0.138 e. The quantitative estimate of drug-likeness (QED) is 0.478. The maximum absolute atomic E-state index is 10.2. The summed E-state index contributed by atoms with van der Waals surface area (Å²) in [4.78, 5) is 19.8. The Kier molecular flexibility index (Phi) is 56.2. The van der Waals surface area contributed by atoms with E-state index in [2.05, 4.69) is 20.8 Å². The van der Waals surface area contributed by atoms with Gasteiger partial charge in [-0.1, -0.05) is 47.0 Å². The molecule has 7 heteroatoms. The van der Waals surface area contributed by atoms with Crippen LogP contribution in [0.25, 0.3) is 0 Å². The van der Waals surface area contributed by atoms with Gasteiger partial charge in [0.2, 0.25) is 0 Å². The van der Waals surface area contributed by atoms with Gasteiger partial charge >= 0.3 is 0 Å². The third-order valence-electron chi connectivity index (χ3n) is 2.27. The zero-order chi connectivity index (χ0) is 18.9. The Labute approximate surface area is 166 Å². The van der Waals surface area contributed by atoms with E-state index < -0.39 is 12.4 Å². The molecule has 0 aliphatic rings. The van der Waals surface area contributed by atoms with E-state index in [1.165, 1.54) is 0 Å². The second-order valence-electron chi connectivity index (χ2n) is 4.67. The molecular formula is C17H37O6Zr-. The fourth-order valence-electron chi connectivity index (χ4n) is 0.760. The predicted octanol–water partition coefficient (Wildman–Crippen LogP) is 1.44. The predicted molar refractivity (Wildman–Crippen MR) is 90.9 cm³/mol. The zero-order valence-corrected chi connectivity index (χ0v) is 18.3. The van der Waals surface area contributed by atoms with Crippen LogP contribution in [-0.2, 0) is 35.8 Å². The number of rotatable bonds is 9. The Balaban J connectivity index is -0.0000000677. The number of aliphatic carboxylic acids is 1. The Morgan fingerprint density at radius 1 is 0.750 bits per heavy atom. The van der Waals surface area contributed by atoms with E-state index in [1.807, 2.05) is 0 Å². The van der Waals surface area contributed by atoms with Gasteiger partial charge < -0.3 is 25.2 Å². The summed E-state index contributed by atoms with van der Waals surface area (Å²) in [6.07, 6.45) is 5.94. The smallest absolute Gasteiger partial charge is 0.138 e. The summed E-state index contributed by atoms with van der Waals surface area (Å²) in [5.41, 5.74) is 0. The first kappa shape index (κ1) is 35.1. The Morgan fingerprint density at radius 3 is 1.08 bits per heavy atom. The molecule has 0 aliphatic heterocycles. The Hall–Kier alpha value is -0.0969. The first-order valence-electron chi connectivity index (χ1n) is 8.45. The molecule has 0 aromatic carbocycles. The molecule has 0 amide bonds. The molecule has 0 saturated heterocycles. The average molecular weight is 429 g/mol. The monoisotopic (exact) mass is 427 g/mol. The van der Waals surface area contributed by atoms with E-state index in [9.17, 15) is 14.7 Å². The molecule has 0 aromatic rings. The van der Waals surface area contributed by atoms with Crippen LogP contribution in [0.2, 0.25) is 0 Å². The summed E-state index contributed by atoms with van der Waals surface area (Å²) < 4.78 is 0. The van der Waals surface area contributed by atoms with E-state index in [0.29, 0.717) is 19.8 Å². The summed E-state index contributed by atoms with van der Waals surface area (Å²) in [6, 6.07) is 0. The number of ketones is 1. The number of hydrogen-bond acceptors (Lipinski definition) is 6. The molecule has 0 heterocycles. The fourth-order valence-corrected chi connectivity index (χ4v) is 0.760. The first-order chi connectivity index (χ1) is 10.9. The van der Waals surface area contributed by atoms with Crippen LogP contribution in [0.3, 0.4) is 0 Å². The van der Waals surface area contributed by atoms with Crippen LogP contribution in [-0.4, -0.2) is 46.9 Å². The molecule has 0 fully saturated rings. The van der Waals surface area contributed by atoms with Crippen molar-refractivity contribution < 1.29 is 56.2 Å². The molecule has 146 valence electrons. The zero-order valence-electron chi connectivity index (χ0n) is 15.8. The third-order valence-corrected chi connectivity index (χ3v) is 2.27. The van der Waals surface area contributed by atoms with Crippen LogP contribution in [0.15, 0.2) is 0 Å². The number of carbonyl (C=O) groups is 2. The first-order valence-corrected chi connectivity index (χ1v) is 8.45. The number of carboxylic acids is 1. The van der Waals surface area contributed by atoms with E-state index in [0.717, 1.165) is 38.5 Å². The summed E-state index contributed by atoms with van der Waals surface area (Å²) in [7, 11) is 0. The van der Waals surface area contributed by atoms with Crippen LogP contribution in [0, 0.1) is 0 Å². The van der Waals surface area contributed by atoms with Gasteiger partial charge in [-0.25, -0.2) is 0 Å². The molecule has 0 radical (unpaired) electrons. The van der Waals surface area contributed by atoms with Gasteiger partial charge in [-0.05, 0) is 19.3 Å². The van der Waals surface area contributed by atoms with Crippen LogP contribution in [0.4, 0.5) is 0 Å². The van der Waals surface area contributed by atoms with E-state index in [1.54, 1.807) is 6.92 Å². The number of Topliss-reactive ketones (excluding diaryl/α,β-unsaturated/α-hetero) is 1. The van der Waals surface area contributed by atoms with Crippen LogP contribution in [0.1, 0.15) is 79.1 Å². The number of hydrogen-bond donors (Lipinski definition) is 3. The van der Waals surface area contributed by atoms with Gasteiger partial charge in [0, 0.05) is 64.8 Å². The van der Waals surface area contributed by atoms with E-state index in [-0.39, 0.29) is 38.4 Å². The summed E-state index contributed by atoms with van der Waals surface area (Å²) in [5.74, 6) is -1.58. The van der Waals surface area contributed by atoms with Gasteiger partial charge in [0.1, 0.15) is 5.78 Å². The average Bonchev–Trinajstić information content (AvgIpc) is 2.51. The van der Waals surface area contributed by atoms with E-state index in [4.69, 9.17) is 15.3 Å². The number of aliphatic hydroxyl groups excluding tert-OH is 3. The van der Waals surface area contributed by atoms with Crippen molar-refractivity contribution in [2.75, 3.05) is 19.8 Å². The molecule has 0 rings (SSSR count).